The third-order valence-corrected chi connectivity index (χ3v) is 5.02. The predicted molar refractivity (Wildman–Crippen MR) is 75.7 cm³/mol. The molecular weight excluding hydrogens is 274 g/mol. The van der Waals surface area contributed by atoms with E-state index in [9.17, 15) is 13.2 Å². The van der Waals surface area contributed by atoms with Crippen molar-refractivity contribution < 1.29 is 13.2 Å². The number of hydrogen-bond acceptors (Lipinski definition) is 4. The van der Waals surface area contributed by atoms with Crippen molar-refractivity contribution in [2.45, 2.75) is 39.0 Å². The number of likely N-dealkylation sites (N-methyl/N-ethyl adjacent to an activating group) is 1. The Morgan fingerprint density at radius 3 is 2.11 bits per heavy atom. The average molecular weight is 295 g/mol. The molecule has 0 aliphatic heterocycles. The molecule has 0 aromatic rings. The van der Waals surface area contributed by atoms with E-state index in [4.69, 9.17) is 5.73 Å². The van der Waals surface area contributed by atoms with Crippen molar-refractivity contribution in [2.75, 3.05) is 13.1 Å². The standard InChI is InChI=1S/C10H21N3O3S2/c1-5-13(6-2)10(14)7(3)12-18(15,16)8(4)9(11)17/h7-8,12H,5-6H2,1-4H3,(H2,11,17). The highest BCUT2D eigenvalue weighted by atomic mass is 32.2. The van der Waals surface area contributed by atoms with Crippen molar-refractivity contribution in [3.8, 4) is 0 Å². The summed E-state index contributed by atoms with van der Waals surface area (Å²) < 4.78 is 26.0. The molecule has 0 fully saturated rings. The van der Waals surface area contributed by atoms with E-state index in [2.05, 4.69) is 16.9 Å². The average Bonchev–Trinajstić information content (AvgIpc) is 2.28. The van der Waals surface area contributed by atoms with Crippen molar-refractivity contribution in [1.82, 2.24) is 9.62 Å². The van der Waals surface area contributed by atoms with Crippen LogP contribution < -0.4 is 10.5 Å². The van der Waals surface area contributed by atoms with E-state index in [1.807, 2.05) is 13.8 Å². The van der Waals surface area contributed by atoms with Gasteiger partial charge in [-0.3, -0.25) is 4.79 Å². The first kappa shape index (κ1) is 17.3. The number of nitrogens with one attached hydrogen (secondary N) is 1. The number of sulfonamides is 1. The van der Waals surface area contributed by atoms with E-state index in [0.29, 0.717) is 13.1 Å². The second-order valence-electron chi connectivity index (χ2n) is 3.94. The van der Waals surface area contributed by atoms with Gasteiger partial charge in [-0.15, -0.1) is 0 Å². The number of carbonyl (C=O) groups is 1. The Morgan fingerprint density at radius 1 is 1.33 bits per heavy atom. The van der Waals surface area contributed by atoms with Crippen LogP contribution >= 0.6 is 12.2 Å². The van der Waals surface area contributed by atoms with Gasteiger partial charge in [0.05, 0.1) is 11.0 Å². The minimum absolute atomic E-state index is 0.120. The van der Waals surface area contributed by atoms with Crippen molar-refractivity contribution in [3.63, 3.8) is 0 Å². The second kappa shape index (κ2) is 7.01. The van der Waals surface area contributed by atoms with Crippen LogP contribution in [0.15, 0.2) is 0 Å². The summed E-state index contributed by atoms with van der Waals surface area (Å²) in [5.41, 5.74) is 5.30. The Bertz CT molecular complexity index is 405. The zero-order valence-electron chi connectivity index (χ0n) is 11.1. The maximum Gasteiger partial charge on any atom is 0.240 e. The largest absolute Gasteiger partial charge is 0.392 e. The van der Waals surface area contributed by atoms with Crippen molar-refractivity contribution in [2.24, 2.45) is 5.73 Å². The van der Waals surface area contributed by atoms with Crippen LogP contribution in [0.3, 0.4) is 0 Å². The van der Waals surface area contributed by atoms with Gasteiger partial charge in [-0.1, -0.05) is 12.2 Å². The molecule has 0 saturated carbocycles. The topological polar surface area (TPSA) is 92.5 Å². The van der Waals surface area contributed by atoms with Crippen LogP contribution in [-0.2, 0) is 14.8 Å². The molecule has 0 saturated heterocycles. The highest BCUT2D eigenvalue weighted by Gasteiger charge is 2.28. The predicted octanol–water partition coefficient (Wildman–Crippen LogP) is -0.163. The number of thiocarbonyl (C=S) groups is 1. The molecule has 106 valence electrons. The third-order valence-electron chi connectivity index (χ3n) is 2.65. The van der Waals surface area contributed by atoms with Gasteiger partial charge in [0.15, 0.2) is 0 Å². The second-order valence-corrected chi connectivity index (χ2v) is 6.44. The van der Waals surface area contributed by atoms with E-state index in [0.717, 1.165) is 0 Å². The first-order valence-electron chi connectivity index (χ1n) is 5.76. The molecule has 0 rings (SSSR count). The number of carbonyl (C=O) groups excluding carboxylic acids is 1. The first-order chi connectivity index (χ1) is 8.17. The molecule has 0 aliphatic carbocycles. The summed E-state index contributed by atoms with van der Waals surface area (Å²) in [7, 11) is -3.72. The quantitative estimate of drug-likeness (QED) is 0.637. The SMILES string of the molecule is CCN(CC)C(=O)C(C)NS(=O)(=O)C(C)C(N)=S. The maximum absolute atomic E-state index is 11.9. The molecule has 0 radical (unpaired) electrons. The van der Waals surface area contributed by atoms with Crippen LogP contribution in [-0.4, -0.2) is 48.6 Å². The van der Waals surface area contributed by atoms with E-state index < -0.39 is 21.3 Å². The maximum atomic E-state index is 11.9. The van der Waals surface area contributed by atoms with E-state index in [-0.39, 0.29) is 10.9 Å². The molecule has 0 bridgehead atoms. The molecule has 2 atom stereocenters. The lowest BCUT2D eigenvalue weighted by Crippen LogP contribution is -2.50. The van der Waals surface area contributed by atoms with Crippen LogP contribution in [0.4, 0.5) is 0 Å². The number of nitrogens with zero attached hydrogens (tertiary/aromatic N) is 1. The van der Waals surface area contributed by atoms with Crippen LogP contribution in [0.5, 0.6) is 0 Å². The van der Waals surface area contributed by atoms with Crippen molar-refractivity contribution in [3.05, 3.63) is 0 Å². The number of hydrogen-bond donors (Lipinski definition) is 2. The van der Waals surface area contributed by atoms with Crippen LogP contribution in [0.25, 0.3) is 0 Å². The lowest BCUT2D eigenvalue weighted by molar-refractivity contribution is -0.132. The fraction of sp³-hybridized carbons (Fsp3) is 0.800. The molecule has 6 nitrogen and oxygen atoms in total. The summed E-state index contributed by atoms with van der Waals surface area (Å²) in [4.78, 5) is 13.3. The molecule has 1 amide bonds. The van der Waals surface area contributed by atoms with Gasteiger partial charge in [0, 0.05) is 13.1 Å². The Hall–Kier alpha value is -0.730. The summed E-state index contributed by atoms with van der Waals surface area (Å²) in [6.07, 6.45) is 0. The molecule has 18 heavy (non-hydrogen) atoms. The minimum Gasteiger partial charge on any atom is -0.392 e. The molecule has 2 unspecified atom stereocenters. The molecular formula is C10H21N3O3S2. The fourth-order valence-electron chi connectivity index (χ4n) is 1.36. The number of nitrogens with two attached hydrogens (primary N) is 1. The van der Waals surface area contributed by atoms with E-state index in [1.165, 1.54) is 13.8 Å². The third kappa shape index (κ3) is 4.51. The van der Waals surface area contributed by atoms with Gasteiger partial charge in [-0.25, -0.2) is 13.1 Å². The monoisotopic (exact) mass is 295 g/mol. The summed E-state index contributed by atoms with van der Waals surface area (Å²) in [5, 5.41) is -1.00. The zero-order valence-corrected chi connectivity index (χ0v) is 12.8. The minimum atomic E-state index is -3.72. The number of rotatable bonds is 7. The molecule has 0 heterocycles. The lowest BCUT2D eigenvalue weighted by atomic mass is 10.3. The molecule has 0 aliphatic rings. The summed E-state index contributed by atoms with van der Waals surface area (Å²) in [5.74, 6) is -0.265. The van der Waals surface area contributed by atoms with Gasteiger partial charge in [0.25, 0.3) is 0 Å². The van der Waals surface area contributed by atoms with Crippen molar-refractivity contribution >= 4 is 33.1 Å². The van der Waals surface area contributed by atoms with E-state index >= 15 is 0 Å². The fourth-order valence-corrected chi connectivity index (χ4v) is 2.84. The van der Waals surface area contributed by atoms with Crippen LogP contribution in [0, 0.1) is 0 Å². The van der Waals surface area contributed by atoms with Gasteiger partial charge in [-0.2, -0.15) is 0 Å². The number of amides is 1. The summed E-state index contributed by atoms with van der Waals surface area (Å²) >= 11 is 4.65. The van der Waals surface area contributed by atoms with Crippen LogP contribution in [0.1, 0.15) is 27.7 Å². The molecule has 0 aromatic heterocycles. The van der Waals surface area contributed by atoms with Gasteiger partial charge in [-0.05, 0) is 27.7 Å². The Balaban J connectivity index is 4.81. The lowest BCUT2D eigenvalue weighted by Gasteiger charge is -2.24. The zero-order chi connectivity index (χ0) is 14.5. The van der Waals surface area contributed by atoms with Crippen molar-refractivity contribution in [1.29, 1.82) is 0 Å². The van der Waals surface area contributed by atoms with Gasteiger partial charge < -0.3 is 10.6 Å². The first-order valence-corrected chi connectivity index (χ1v) is 7.72. The Morgan fingerprint density at radius 2 is 1.78 bits per heavy atom. The Labute approximate surface area is 114 Å². The van der Waals surface area contributed by atoms with Gasteiger partial charge >= 0.3 is 0 Å². The molecule has 8 heteroatoms. The molecule has 3 N–H and O–H groups in total. The molecule has 0 aromatic carbocycles. The van der Waals surface area contributed by atoms with Gasteiger partial charge in [0.1, 0.15) is 5.25 Å². The molecule has 0 spiro atoms. The highest BCUT2D eigenvalue weighted by molar-refractivity contribution is 7.93. The summed E-state index contributed by atoms with van der Waals surface area (Å²) in [6.45, 7) is 7.63. The summed E-state index contributed by atoms with van der Waals surface area (Å²) in [6, 6.07) is -0.827. The normalized spacial score (nSPS) is 14.9. The van der Waals surface area contributed by atoms with Crippen LogP contribution in [0.2, 0.25) is 0 Å². The highest BCUT2D eigenvalue weighted by Crippen LogP contribution is 2.03. The smallest absolute Gasteiger partial charge is 0.240 e. The van der Waals surface area contributed by atoms with E-state index in [1.54, 1.807) is 4.90 Å². The van der Waals surface area contributed by atoms with Gasteiger partial charge in [0.2, 0.25) is 15.9 Å². The Kier molecular flexibility index (Phi) is 6.72.